The second kappa shape index (κ2) is 3.90. The fraction of sp³-hybridized carbons (Fsp3) is 0.571. The Hall–Kier alpha value is -1.72. The molecule has 2 bridgehead atoms. The van der Waals surface area contributed by atoms with Crippen LogP contribution in [-0.4, -0.2) is 11.0 Å². The molecule has 1 N–H and O–H groups in total. The Kier molecular flexibility index (Phi) is 2.35. The standard InChI is InChI=1S/C14H14F2N2O2/c15-9-4-8(18(19)20)5-10(16)13(9)17-14-11-6-1-2-7(3-6)12(11)14/h4-7,11-12,14,17H,1-3H2. The van der Waals surface area contributed by atoms with Crippen LogP contribution >= 0.6 is 0 Å². The summed E-state index contributed by atoms with van der Waals surface area (Å²) in [6.45, 7) is 0. The van der Waals surface area contributed by atoms with E-state index in [9.17, 15) is 18.9 Å². The van der Waals surface area contributed by atoms with Crippen molar-refractivity contribution < 1.29 is 13.7 Å². The zero-order chi connectivity index (χ0) is 14.0. The Balaban J connectivity index is 1.57. The minimum Gasteiger partial charge on any atom is -0.377 e. The first-order valence-corrected chi connectivity index (χ1v) is 6.96. The Labute approximate surface area is 114 Å². The third-order valence-corrected chi connectivity index (χ3v) is 5.28. The highest BCUT2D eigenvalue weighted by Crippen LogP contribution is 2.66. The van der Waals surface area contributed by atoms with E-state index in [0.717, 1.165) is 12.1 Å². The van der Waals surface area contributed by atoms with E-state index in [1.165, 1.54) is 19.3 Å². The maximum atomic E-state index is 13.8. The maximum Gasteiger partial charge on any atom is 0.275 e. The van der Waals surface area contributed by atoms with Crippen LogP contribution < -0.4 is 5.32 Å². The van der Waals surface area contributed by atoms with Gasteiger partial charge in [-0.3, -0.25) is 10.1 Å². The van der Waals surface area contributed by atoms with Gasteiger partial charge in [0.2, 0.25) is 0 Å². The van der Waals surface area contributed by atoms with Crippen LogP contribution in [0.4, 0.5) is 20.2 Å². The average molecular weight is 280 g/mol. The van der Waals surface area contributed by atoms with E-state index in [-0.39, 0.29) is 11.7 Å². The number of nitrogens with one attached hydrogen (secondary N) is 1. The number of nitrogens with zero attached hydrogens (tertiary/aromatic N) is 1. The topological polar surface area (TPSA) is 55.2 Å². The van der Waals surface area contributed by atoms with E-state index in [4.69, 9.17) is 0 Å². The molecule has 0 saturated heterocycles. The van der Waals surface area contributed by atoms with Gasteiger partial charge in [-0.25, -0.2) is 8.78 Å². The molecule has 106 valence electrons. The van der Waals surface area contributed by atoms with Gasteiger partial charge in [-0.1, -0.05) is 0 Å². The van der Waals surface area contributed by atoms with Crippen molar-refractivity contribution in [1.29, 1.82) is 0 Å². The lowest BCUT2D eigenvalue weighted by Crippen LogP contribution is -2.15. The van der Waals surface area contributed by atoms with Crippen LogP contribution in [0.25, 0.3) is 0 Å². The Morgan fingerprint density at radius 3 is 2.20 bits per heavy atom. The summed E-state index contributed by atoms with van der Waals surface area (Å²) in [5.41, 5.74) is -0.768. The van der Waals surface area contributed by atoms with Crippen molar-refractivity contribution in [2.24, 2.45) is 23.7 Å². The second-order valence-electron chi connectivity index (χ2n) is 6.20. The summed E-state index contributed by atoms with van der Waals surface area (Å²) in [4.78, 5) is 9.77. The highest BCUT2D eigenvalue weighted by atomic mass is 19.1. The molecule has 3 aliphatic rings. The van der Waals surface area contributed by atoms with Gasteiger partial charge in [0.1, 0.15) is 5.69 Å². The molecule has 1 aromatic carbocycles. The third-order valence-electron chi connectivity index (χ3n) is 5.28. The van der Waals surface area contributed by atoms with Crippen molar-refractivity contribution in [3.63, 3.8) is 0 Å². The van der Waals surface area contributed by atoms with Gasteiger partial charge in [0.05, 0.1) is 17.1 Å². The third kappa shape index (κ3) is 1.57. The molecule has 0 aromatic heterocycles. The molecule has 20 heavy (non-hydrogen) atoms. The average Bonchev–Trinajstić information content (AvgIpc) is 2.79. The summed E-state index contributed by atoms with van der Waals surface area (Å²) in [5, 5.41) is 13.5. The fourth-order valence-electron chi connectivity index (χ4n) is 4.49. The molecule has 3 saturated carbocycles. The summed E-state index contributed by atoms with van der Waals surface area (Å²) < 4.78 is 27.7. The van der Waals surface area contributed by atoms with Gasteiger partial charge >= 0.3 is 0 Å². The predicted molar refractivity (Wildman–Crippen MR) is 68.2 cm³/mol. The van der Waals surface area contributed by atoms with Crippen molar-refractivity contribution in [1.82, 2.24) is 0 Å². The number of halogens is 2. The van der Waals surface area contributed by atoms with Gasteiger partial charge in [-0.15, -0.1) is 0 Å². The first-order valence-electron chi connectivity index (χ1n) is 6.96. The minimum absolute atomic E-state index is 0.145. The number of fused-ring (bicyclic) bond motifs is 5. The number of nitro benzene ring substituents is 1. The SMILES string of the molecule is O=[N+]([O-])c1cc(F)c(NC2C3C4CCC(C4)C23)c(F)c1. The predicted octanol–water partition coefficient (Wildman–Crippen LogP) is 3.33. The van der Waals surface area contributed by atoms with E-state index in [1.807, 2.05) is 0 Å². The number of nitro groups is 1. The lowest BCUT2D eigenvalue weighted by atomic mass is 10.0. The summed E-state index contributed by atoms with van der Waals surface area (Å²) in [6, 6.07) is 1.70. The van der Waals surface area contributed by atoms with Crippen LogP contribution in [0.1, 0.15) is 19.3 Å². The van der Waals surface area contributed by atoms with Gasteiger partial charge < -0.3 is 5.32 Å². The monoisotopic (exact) mass is 280 g/mol. The fourth-order valence-corrected chi connectivity index (χ4v) is 4.49. The van der Waals surface area contributed by atoms with Crippen molar-refractivity contribution >= 4 is 11.4 Å². The normalized spacial score (nSPS) is 36.8. The molecular weight excluding hydrogens is 266 g/mol. The van der Waals surface area contributed by atoms with E-state index in [0.29, 0.717) is 23.7 Å². The van der Waals surface area contributed by atoms with Crippen LogP contribution in [0.3, 0.4) is 0 Å². The van der Waals surface area contributed by atoms with Crippen LogP contribution in [-0.2, 0) is 0 Å². The molecule has 4 nitrogen and oxygen atoms in total. The van der Waals surface area contributed by atoms with E-state index < -0.39 is 22.2 Å². The maximum absolute atomic E-state index is 13.8. The molecular formula is C14H14F2N2O2. The zero-order valence-electron chi connectivity index (χ0n) is 10.7. The Morgan fingerprint density at radius 1 is 1.15 bits per heavy atom. The molecule has 1 aromatic rings. The van der Waals surface area contributed by atoms with E-state index >= 15 is 0 Å². The van der Waals surface area contributed by atoms with Crippen molar-refractivity contribution in [3.8, 4) is 0 Å². The van der Waals surface area contributed by atoms with Crippen molar-refractivity contribution in [2.45, 2.75) is 25.3 Å². The highest BCUT2D eigenvalue weighted by molar-refractivity contribution is 5.54. The molecule has 0 aliphatic heterocycles. The number of benzene rings is 1. The van der Waals surface area contributed by atoms with Gasteiger partial charge in [-0.05, 0) is 42.9 Å². The smallest absolute Gasteiger partial charge is 0.275 e. The molecule has 4 unspecified atom stereocenters. The number of hydrogen-bond acceptors (Lipinski definition) is 3. The van der Waals surface area contributed by atoms with Crippen molar-refractivity contribution in [3.05, 3.63) is 33.9 Å². The van der Waals surface area contributed by atoms with E-state index in [2.05, 4.69) is 5.32 Å². The lowest BCUT2D eigenvalue weighted by molar-refractivity contribution is -0.385. The summed E-state index contributed by atoms with van der Waals surface area (Å²) in [5.74, 6) is 0.729. The van der Waals surface area contributed by atoms with Crippen LogP contribution in [0.5, 0.6) is 0 Å². The van der Waals surface area contributed by atoms with Gasteiger partial charge in [0.15, 0.2) is 11.6 Å². The summed E-state index contributed by atoms with van der Waals surface area (Å²) in [7, 11) is 0. The Bertz CT molecular complexity index is 568. The molecule has 0 amide bonds. The molecule has 3 fully saturated rings. The number of anilines is 1. The lowest BCUT2D eigenvalue weighted by Gasteiger charge is -2.13. The molecule has 3 aliphatic carbocycles. The molecule has 4 rings (SSSR count). The van der Waals surface area contributed by atoms with Crippen LogP contribution in [0.15, 0.2) is 12.1 Å². The van der Waals surface area contributed by atoms with Crippen LogP contribution in [0, 0.1) is 45.4 Å². The quantitative estimate of drug-likeness (QED) is 0.682. The Morgan fingerprint density at radius 2 is 1.70 bits per heavy atom. The largest absolute Gasteiger partial charge is 0.377 e. The number of hydrogen-bond donors (Lipinski definition) is 1. The van der Waals surface area contributed by atoms with Crippen molar-refractivity contribution in [2.75, 3.05) is 5.32 Å². The molecule has 0 spiro atoms. The van der Waals surface area contributed by atoms with E-state index in [1.54, 1.807) is 0 Å². The summed E-state index contributed by atoms with van der Waals surface area (Å²) >= 11 is 0. The molecule has 0 heterocycles. The van der Waals surface area contributed by atoms with Gasteiger partial charge in [-0.2, -0.15) is 0 Å². The molecule has 0 radical (unpaired) electrons. The minimum atomic E-state index is -0.881. The summed E-state index contributed by atoms with van der Waals surface area (Å²) in [6.07, 6.45) is 3.73. The first-order chi connectivity index (χ1) is 9.56. The number of non-ortho nitro benzene ring substituents is 1. The molecule has 4 atom stereocenters. The second-order valence-corrected chi connectivity index (χ2v) is 6.20. The van der Waals surface area contributed by atoms with Gasteiger partial charge in [0.25, 0.3) is 5.69 Å². The highest BCUT2D eigenvalue weighted by Gasteiger charge is 2.65. The van der Waals surface area contributed by atoms with Gasteiger partial charge in [0, 0.05) is 6.04 Å². The van der Waals surface area contributed by atoms with Crippen LogP contribution in [0.2, 0.25) is 0 Å². The molecule has 6 heteroatoms. The first kappa shape index (κ1) is 12.1. The number of rotatable bonds is 3. The zero-order valence-corrected chi connectivity index (χ0v) is 10.7.